The van der Waals surface area contributed by atoms with Gasteiger partial charge in [-0.25, -0.2) is 4.39 Å². The molecule has 1 fully saturated rings. The highest BCUT2D eigenvalue weighted by molar-refractivity contribution is 5.83. The summed E-state index contributed by atoms with van der Waals surface area (Å²) < 4.78 is 21.9. The lowest BCUT2D eigenvalue weighted by molar-refractivity contribution is 0.0694. The van der Waals surface area contributed by atoms with E-state index in [1.54, 1.807) is 6.07 Å². The number of fused-ring (bicyclic) bond motifs is 1. The van der Waals surface area contributed by atoms with Crippen molar-refractivity contribution in [2.24, 2.45) is 0 Å². The van der Waals surface area contributed by atoms with Gasteiger partial charge in [-0.3, -0.25) is 0 Å². The molecular weight excluding hydrogens is 289 g/mol. The molecule has 0 amide bonds. The van der Waals surface area contributed by atoms with Gasteiger partial charge in [0, 0.05) is 35.8 Å². The number of aryl methyl sites for hydroxylation is 1. The second-order valence-corrected chi connectivity index (χ2v) is 7.15. The molecule has 3 heteroatoms. The average Bonchev–Trinajstić information content (AvgIpc) is 2.89. The van der Waals surface area contributed by atoms with Crippen LogP contribution in [0.25, 0.3) is 10.9 Å². The van der Waals surface area contributed by atoms with E-state index >= 15 is 0 Å². The van der Waals surface area contributed by atoms with Gasteiger partial charge in [0.1, 0.15) is 5.82 Å². The molecule has 1 aliphatic heterocycles. The van der Waals surface area contributed by atoms with Crippen LogP contribution in [0.4, 0.5) is 4.39 Å². The van der Waals surface area contributed by atoms with Crippen LogP contribution in [0.1, 0.15) is 64.8 Å². The van der Waals surface area contributed by atoms with Crippen molar-refractivity contribution >= 4 is 10.9 Å². The predicted molar refractivity (Wildman–Crippen MR) is 95.8 cm³/mol. The Hall–Kier alpha value is -1.35. The van der Waals surface area contributed by atoms with Gasteiger partial charge < -0.3 is 9.30 Å². The van der Waals surface area contributed by atoms with E-state index in [1.165, 1.54) is 5.69 Å². The summed E-state index contributed by atoms with van der Waals surface area (Å²) in [5.41, 5.74) is 3.07. The van der Waals surface area contributed by atoms with Crippen molar-refractivity contribution < 1.29 is 9.13 Å². The first-order valence-corrected chi connectivity index (χ1v) is 8.77. The topological polar surface area (TPSA) is 14.2 Å². The van der Waals surface area contributed by atoms with Crippen molar-refractivity contribution in [2.45, 2.75) is 65.8 Å². The third kappa shape index (κ3) is 3.60. The second-order valence-electron chi connectivity index (χ2n) is 7.15. The molecule has 0 saturated carbocycles. The zero-order valence-electron chi connectivity index (χ0n) is 15.4. The highest BCUT2D eigenvalue weighted by atomic mass is 19.1. The zero-order chi connectivity index (χ0) is 17.2. The van der Waals surface area contributed by atoms with Crippen molar-refractivity contribution in [1.82, 2.24) is 4.57 Å². The van der Waals surface area contributed by atoms with Crippen molar-refractivity contribution in [3.05, 3.63) is 35.3 Å². The van der Waals surface area contributed by atoms with Crippen molar-refractivity contribution in [3.8, 4) is 0 Å². The summed E-state index contributed by atoms with van der Waals surface area (Å²) in [6.07, 6.45) is 2.00. The average molecular weight is 319 g/mol. The molecule has 1 aromatic heterocycles. The standard InChI is InChI=1S/C18H24FNO.C2H6/c1-12-9-13-10-17(18(2,3)4)20(16(13)11-15(12)19)14-5-7-21-8-6-14;1-2/h9-11,14H,5-8H2,1-4H3;1-2H3. The van der Waals surface area contributed by atoms with E-state index in [9.17, 15) is 4.39 Å². The van der Waals surface area contributed by atoms with Crippen molar-refractivity contribution in [3.63, 3.8) is 0 Å². The number of hydrogen-bond acceptors (Lipinski definition) is 1. The summed E-state index contributed by atoms with van der Waals surface area (Å²) in [5, 5.41) is 1.14. The van der Waals surface area contributed by atoms with Gasteiger partial charge in [-0.05, 0) is 43.5 Å². The molecular formula is C20H30FNO. The highest BCUT2D eigenvalue weighted by Gasteiger charge is 2.26. The Morgan fingerprint density at radius 2 is 1.70 bits per heavy atom. The summed E-state index contributed by atoms with van der Waals surface area (Å²) in [6.45, 7) is 14.1. The number of hydrogen-bond donors (Lipinski definition) is 0. The maximum Gasteiger partial charge on any atom is 0.128 e. The van der Waals surface area contributed by atoms with Crippen molar-refractivity contribution in [1.29, 1.82) is 0 Å². The van der Waals surface area contributed by atoms with Crippen LogP contribution >= 0.6 is 0 Å². The molecule has 0 unspecified atom stereocenters. The molecule has 0 spiro atoms. The zero-order valence-corrected chi connectivity index (χ0v) is 15.4. The summed E-state index contributed by atoms with van der Waals surface area (Å²) in [7, 11) is 0. The van der Waals surface area contributed by atoms with Gasteiger partial charge in [0.05, 0.1) is 5.52 Å². The molecule has 0 aliphatic carbocycles. The fourth-order valence-electron chi connectivity index (χ4n) is 3.28. The minimum atomic E-state index is -0.116. The van der Waals surface area contributed by atoms with Crippen LogP contribution in [0.5, 0.6) is 0 Å². The van der Waals surface area contributed by atoms with Crippen LogP contribution in [0.3, 0.4) is 0 Å². The Morgan fingerprint density at radius 1 is 1.09 bits per heavy atom. The molecule has 2 nitrogen and oxygen atoms in total. The molecule has 0 radical (unpaired) electrons. The summed E-state index contributed by atoms with van der Waals surface area (Å²) in [6, 6.07) is 6.31. The van der Waals surface area contributed by atoms with Crippen LogP contribution in [0.15, 0.2) is 18.2 Å². The SMILES string of the molecule is CC.Cc1cc2cc(C(C)(C)C)n(C3CCOCC3)c2cc1F. The summed E-state index contributed by atoms with van der Waals surface area (Å²) in [5.74, 6) is -0.116. The largest absolute Gasteiger partial charge is 0.381 e. The van der Waals surface area contributed by atoms with E-state index in [0.717, 1.165) is 37.0 Å². The van der Waals surface area contributed by atoms with E-state index in [4.69, 9.17) is 4.74 Å². The fraction of sp³-hybridized carbons (Fsp3) is 0.600. The summed E-state index contributed by atoms with van der Waals surface area (Å²) >= 11 is 0. The van der Waals surface area contributed by atoms with Crippen molar-refractivity contribution in [2.75, 3.05) is 13.2 Å². The Labute approximate surface area is 139 Å². The number of nitrogens with zero attached hydrogens (tertiary/aromatic N) is 1. The second kappa shape index (κ2) is 7.04. The Kier molecular flexibility index (Phi) is 5.51. The lowest BCUT2D eigenvalue weighted by atomic mass is 9.91. The molecule has 128 valence electrons. The maximum absolute atomic E-state index is 14.1. The van der Waals surface area contributed by atoms with E-state index in [-0.39, 0.29) is 11.2 Å². The lowest BCUT2D eigenvalue weighted by Crippen LogP contribution is -2.25. The minimum absolute atomic E-state index is 0.0434. The molecule has 2 heterocycles. The minimum Gasteiger partial charge on any atom is -0.381 e. The number of benzene rings is 1. The number of rotatable bonds is 1. The third-order valence-electron chi connectivity index (χ3n) is 4.44. The monoisotopic (exact) mass is 319 g/mol. The van der Waals surface area contributed by atoms with Gasteiger partial charge in [-0.15, -0.1) is 0 Å². The van der Waals surface area contributed by atoms with Gasteiger partial charge in [0.2, 0.25) is 0 Å². The highest BCUT2D eigenvalue weighted by Crippen LogP contribution is 2.36. The molecule has 1 aliphatic rings. The van der Waals surface area contributed by atoms with Gasteiger partial charge in [-0.1, -0.05) is 34.6 Å². The van der Waals surface area contributed by atoms with Crippen LogP contribution in [0.2, 0.25) is 0 Å². The van der Waals surface area contributed by atoms with Crippen LogP contribution in [-0.4, -0.2) is 17.8 Å². The number of aromatic nitrogens is 1. The number of ether oxygens (including phenoxy) is 1. The first kappa shape index (κ1) is 18.0. The van der Waals surface area contributed by atoms with E-state index < -0.39 is 0 Å². The van der Waals surface area contributed by atoms with Crippen LogP contribution < -0.4 is 0 Å². The molecule has 23 heavy (non-hydrogen) atoms. The van der Waals surface area contributed by atoms with Gasteiger partial charge >= 0.3 is 0 Å². The summed E-state index contributed by atoms with van der Waals surface area (Å²) in [4.78, 5) is 0. The Bertz CT molecular complexity index is 660. The maximum atomic E-state index is 14.1. The van der Waals surface area contributed by atoms with Gasteiger partial charge in [-0.2, -0.15) is 0 Å². The van der Waals surface area contributed by atoms with Gasteiger partial charge in [0.15, 0.2) is 0 Å². The smallest absolute Gasteiger partial charge is 0.128 e. The fourth-order valence-corrected chi connectivity index (χ4v) is 3.28. The van der Waals surface area contributed by atoms with Crippen LogP contribution in [-0.2, 0) is 10.2 Å². The quantitative estimate of drug-likeness (QED) is 0.651. The Morgan fingerprint density at radius 3 is 2.26 bits per heavy atom. The molecule has 1 saturated heterocycles. The first-order valence-electron chi connectivity index (χ1n) is 8.77. The van der Waals surface area contributed by atoms with E-state index in [1.807, 2.05) is 26.8 Å². The third-order valence-corrected chi connectivity index (χ3v) is 4.44. The first-order chi connectivity index (χ1) is 10.9. The molecule has 0 N–H and O–H groups in total. The van der Waals surface area contributed by atoms with E-state index in [2.05, 4.69) is 31.4 Å². The number of halogens is 1. The molecule has 0 atom stereocenters. The molecule has 1 aromatic carbocycles. The molecule has 3 rings (SSSR count). The molecule has 2 aromatic rings. The van der Waals surface area contributed by atoms with E-state index in [0.29, 0.717) is 11.6 Å². The van der Waals surface area contributed by atoms with Gasteiger partial charge in [0.25, 0.3) is 0 Å². The predicted octanol–water partition coefficient (Wildman–Crippen LogP) is 5.76. The Balaban J connectivity index is 0.000000924. The molecule has 0 bridgehead atoms. The lowest BCUT2D eigenvalue weighted by Gasteiger charge is -2.30. The van der Waals surface area contributed by atoms with Crippen LogP contribution in [0, 0.1) is 12.7 Å². The normalized spacial score (nSPS) is 16.3.